The van der Waals surface area contributed by atoms with Crippen LogP contribution in [-0.4, -0.2) is 42.5 Å². The number of rotatable bonds is 7. The molecule has 1 atom stereocenters. The number of carbonyl (C=O) groups excluding carboxylic acids is 2. The Bertz CT molecular complexity index is 718. The van der Waals surface area contributed by atoms with Crippen LogP contribution >= 0.6 is 0 Å². The van der Waals surface area contributed by atoms with Crippen LogP contribution in [0.1, 0.15) is 25.0 Å². The van der Waals surface area contributed by atoms with Gasteiger partial charge in [-0.05, 0) is 43.7 Å². The molecule has 1 fully saturated rings. The van der Waals surface area contributed by atoms with E-state index in [1.54, 1.807) is 12.3 Å². The van der Waals surface area contributed by atoms with E-state index < -0.39 is 0 Å². The maximum atomic E-state index is 12.2. The van der Waals surface area contributed by atoms with Gasteiger partial charge in [0.15, 0.2) is 0 Å². The lowest BCUT2D eigenvalue weighted by atomic mass is 10.0. The van der Waals surface area contributed by atoms with Gasteiger partial charge in [-0.3, -0.25) is 9.69 Å². The highest BCUT2D eigenvalue weighted by atomic mass is 16.3. The molecule has 2 aromatic rings. The number of furan rings is 1. The first-order valence-electron chi connectivity index (χ1n) is 9.34. The molecule has 144 valence electrons. The summed E-state index contributed by atoms with van der Waals surface area (Å²) in [5, 5.41) is 8.61. The van der Waals surface area contributed by atoms with Crippen LogP contribution < -0.4 is 16.0 Å². The van der Waals surface area contributed by atoms with E-state index in [1.165, 1.54) is 0 Å². The minimum absolute atomic E-state index is 0.0352. The van der Waals surface area contributed by atoms with Crippen molar-refractivity contribution in [3.05, 3.63) is 54.5 Å². The van der Waals surface area contributed by atoms with Gasteiger partial charge in [0.2, 0.25) is 5.91 Å². The third kappa shape index (κ3) is 6.14. The summed E-state index contributed by atoms with van der Waals surface area (Å²) in [5.41, 5.74) is 0.757. The minimum Gasteiger partial charge on any atom is -0.467 e. The van der Waals surface area contributed by atoms with Gasteiger partial charge < -0.3 is 20.4 Å². The van der Waals surface area contributed by atoms with E-state index in [0.29, 0.717) is 19.6 Å². The Morgan fingerprint density at radius 1 is 1.07 bits per heavy atom. The quantitative estimate of drug-likeness (QED) is 0.699. The summed E-state index contributed by atoms with van der Waals surface area (Å²) >= 11 is 0. The molecule has 1 aliphatic rings. The SMILES string of the molecule is O=C(CN1CCCC[C@@H]1CNC(=O)Nc1ccccc1)NCc1ccco1. The fourth-order valence-corrected chi connectivity index (χ4v) is 3.25. The van der Waals surface area contributed by atoms with Gasteiger partial charge in [-0.1, -0.05) is 24.6 Å². The highest BCUT2D eigenvalue weighted by Gasteiger charge is 2.24. The molecule has 3 rings (SSSR count). The molecule has 0 bridgehead atoms. The Balaban J connectivity index is 1.43. The molecule has 2 heterocycles. The van der Waals surface area contributed by atoms with Gasteiger partial charge in [0, 0.05) is 18.3 Å². The van der Waals surface area contributed by atoms with Crippen molar-refractivity contribution in [3.8, 4) is 0 Å². The highest BCUT2D eigenvalue weighted by molar-refractivity contribution is 5.89. The first kappa shape index (κ1) is 19.0. The molecule has 0 radical (unpaired) electrons. The average Bonchev–Trinajstić information content (AvgIpc) is 3.20. The van der Waals surface area contributed by atoms with Crippen LogP contribution in [0, 0.1) is 0 Å². The largest absolute Gasteiger partial charge is 0.467 e. The molecule has 0 aliphatic carbocycles. The molecule has 1 aromatic carbocycles. The number of nitrogens with one attached hydrogen (secondary N) is 3. The molecule has 1 aliphatic heterocycles. The Morgan fingerprint density at radius 3 is 2.70 bits per heavy atom. The maximum absolute atomic E-state index is 12.2. The van der Waals surface area contributed by atoms with Crippen molar-refractivity contribution in [2.45, 2.75) is 31.8 Å². The summed E-state index contributed by atoms with van der Waals surface area (Å²) in [5.74, 6) is 0.699. The molecule has 7 heteroatoms. The van der Waals surface area contributed by atoms with Crippen molar-refractivity contribution in [2.75, 3.05) is 25.0 Å². The van der Waals surface area contributed by atoms with E-state index in [-0.39, 0.29) is 18.0 Å². The van der Waals surface area contributed by atoms with E-state index in [4.69, 9.17) is 4.42 Å². The number of carbonyl (C=O) groups is 2. The van der Waals surface area contributed by atoms with Crippen molar-refractivity contribution in [2.24, 2.45) is 0 Å². The van der Waals surface area contributed by atoms with Gasteiger partial charge in [-0.2, -0.15) is 0 Å². The smallest absolute Gasteiger partial charge is 0.319 e. The summed E-state index contributed by atoms with van der Waals surface area (Å²) < 4.78 is 5.23. The minimum atomic E-state index is -0.228. The molecular weight excluding hydrogens is 344 g/mol. The summed E-state index contributed by atoms with van der Waals surface area (Å²) in [6, 6.07) is 12.9. The van der Waals surface area contributed by atoms with E-state index in [2.05, 4.69) is 20.9 Å². The first-order chi connectivity index (χ1) is 13.2. The maximum Gasteiger partial charge on any atom is 0.319 e. The summed E-state index contributed by atoms with van der Waals surface area (Å²) in [4.78, 5) is 26.5. The monoisotopic (exact) mass is 370 g/mol. The number of para-hydroxylation sites is 1. The molecule has 0 spiro atoms. The Hall–Kier alpha value is -2.80. The molecule has 3 N–H and O–H groups in total. The Kier molecular flexibility index (Phi) is 6.87. The van der Waals surface area contributed by atoms with Crippen LogP contribution in [-0.2, 0) is 11.3 Å². The summed E-state index contributed by atoms with van der Waals surface area (Å²) in [7, 11) is 0. The van der Waals surface area contributed by atoms with Gasteiger partial charge >= 0.3 is 6.03 Å². The van der Waals surface area contributed by atoms with E-state index >= 15 is 0 Å². The van der Waals surface area contributed by atoms with Crippen LogP contribution in [0.15, 0.2) is 53.1 Å². The Morgan fingerprint density at radius 2 is 1.93 bits per heavy atom. The zero-order valence-corrected chi connectivity index (χ0v) is 15.3. The molecule has 0 unspecified atom stereocenters. The number of amides is 3. The number of benzene rings is 1. The van der Waals surface area contributed by atoms with Crippen LogP contribution in [0.5, 0.6) is 0 Å². The van der Waals surface area contributed by atoms with Crippen molar-refractivity contribution in [1.29, 1.82) is 0 Å². The third-order valence-corrected chi connectivity index (χ3v) is 4.67. The fraction of sp³-hybridized carbons (Fsp3) is 0.400. The molecule has 0 saturated carbocycles. The van der Waals surface area contributed by atoms with Crippen LogP contribution in [0.4, 0.5) is 10.5 Å². The van der Waals surface area contributed by atoms with Crippen molar-refractivity contribution in [3.63, 3.8) is 0 Å². The normalized spacial score (nSPS) is 17.3. The zero-order valence-electron chi connectivity index (χ0n) is 15.3. The van der Waals surface area contributed by atoms with Gasteiger partial charge in [0.05, 0.1) is 19.4 Å². The highest BCUT2D eigenvalue weighted by Crippen LogP contribution is 2.16. The number of likely N-dealkylation sites (tertiary alicyclic amines) is 1. The molecule has 1 saturated heterocycles. The van der Waals surface area contributed by atoms with E-state index in [9.17, 15) is 9.59 Å². The Labute approximate surface area is 159 Å². The molecular formula is C20H26N4O3. The van der Waals surface area contributed by atoms with E-state index in [1.807, 2.05) is 36.4 Å². The fourth-order valence-electron chi connectivity index (χ4n) is 3.25. The second kappa shape index (κ2) is 9.78. The second-order valence-corrected chi connectivity index (χ2v) is 6.68. The zero-order chi connectivity index (χ0) is 18.9. The van der Waals surface area contributed by atoms with Crippen molar-refractivity contribution < 1.29 is 14.0 Å². The number of anilines is 1. The molecule has 1 aromatic heterocycles. The van der Waals surface area contributed by atoms with Crippen LogP contribution in [0.2, 0.25) is 0 Å². The lowest BCUT2D eigenvalue weighted by Gasteiger charge is -2.35. The molecule has 7 nitrogen and oxygen atoms in total. The number of piperidine rings is 1. The molecule has 27 heavy (non-hydrogen) atoms. The second-order valence-electron chi connectivity index (χ2n) is 6.68. The predicted octanol–water partition coefficient (Wildman–Crippen LogP) is 2.57. The van der Waals surface area contributed by atoms with E-state index in [0.717, 1.165) is 37.3 Å². The molecule has 3 amide bonds. The first-order valence-corrected chi connectivity index (χ1v) is 9.34. The van der Waals surface area contributed by atoms with Gasteiger partial charge in [0.1, 0.15) is 5.76 Å². The van der Waals surface area contributed by atoms with Gasteiger partial charge in [-0.15, -0.1) is 0 Å². The standard InChI is InChI=1S/C20H26N4O3/c25-19(21-14-18-10-6-12-27-18)15-24-11-5-4-9-17(24)13-22-20(26)23-16-7-2-1-3-8-16/h1-3,6-8,10,12,17H,4-5,9,11,13-15H2,(H,21,25)(H2,22,23,26)/t17-/m1/s1. The summed E-state index contributed by atoms with van der Waals surface area (Å²) in [6.45, 7) is 2.10. The average molecular weight is 370 g/mol. The van der Waals surface area contributed by atoms with Crippen molar-refractivity contribution >= 4 is 17.6 Å². The number of hydrogen-bond donors (Lipinski definition) is 3. The predicted molar refractivity (Wildman–Crippen MR) is 103 cm³/mol. The number of urea groups is 1. The third-order valence-electron chi connectivity index (χ3n) is 4.67. The number of hydrogen-bond acceptors (Lipinski definition) is 4. The van der Waals surface area contributed by atoms with Gasteiger partial charge in [0.25, 0.3) is 0 Å². The van der Waals surface area contributed by atoms with Crippen LogP contribution in [0.3, 0.4) is 0 Å². The van der Waals surface area contributed by atoms with Crippen molar-refractivity contribution in [1.82, 2.24) is 15.5 Å². The number of nitrogens with zero attached hydrogens (tertiary/aromatic N) is 1. The lowest BCUT2D eigenvalue weighted by molar-refractivity contribution is -0.123. The lowest BCUT2D eigenvalue weighted by Crippen LogP contribution is -2.50. The van der Waals surface area contributed by atoms with Crippen LogP contribution in [0.25, 0.3) is 0 Å². The van der Waals surface area contributed by atoms with Gasteiger partial charge in [-0.25, -0.2) is 4.79 Å². The summed E-state index contributed by atoms with van der Waals surface area (Å²) in [6.07, 6.45) is 4.74. The topological polar surface area (TPSA) is 86.6 Å².